The Morgan fingerprint density at radius 1 is 1.41 bits per heavy atom. The smallest absolute Gasteiger partial charge is 0.305 e. The molecule has 0 aromatic heterocycles. The van der Waals surface area contributed by atoms with Crippen LogP contribution in [-0.4, -0.2) is 30.2 Å². The average molecular weight is 305 g/mol. The predicted octanol–water partition coefficient (Wildman–Crippen LogP) is 2.44. The van der Waals surface area contributed by atoms with E-state index >= 15 is 0 Å². The SMILES string of the molecule is Cc1ccccc1C(CC(=O)O)NC(=O)CCC1CCOC1. The normalized spacial score (nSPS) is 18.9. The van der Waals surface area contributed by atoms with Gasteiger partial charge in [-0.2, -0.15) is 0 Å². The number of hydrogen-bond acceptors (Lipinski definition) is 3. The first kappa shape index (κ1) is 16.5. The minimum atomic E-state index is -0.919. The van der Waals surface area contributed by atoms with Crippen molar-refractivity contribution < 1.29 is 19.4 Å². The van der Waals surface area contributed by atoms with Gasteiger partial charge in [-0.3, -0.25) is 9.59 Å². The molecule has 1 saturated heterocycles. The molecule has 2 atom stereocenters. The first-order valence-electron chi connectivity index (χ1n) is 7.70. The van der Waals surface area contributed by atoms with Crippen molar-refractivity contribution in [1.29, 1.82) is 0 Å². The molecule has 5 nitrogen and oxygen atoms in total. The molecule has 22 heavy (non-hydrogen) atoms. The summed E-state index contributed by atoms with van der Waals surface area (Å²) in [4.78, 5) is 23.2. The Morgan fingerprint density at radius 3 is 2.82 bits per heavy atom. The van der Waals surface area contributed by atoms with E-state index in [1.165, 1.54) is 0 Å². The Bertz CT molecular complexity index is 523. The maximum Gasteiger partial charge on any atom is 0.305 e. The standard InChI is InChI=1S/C17H23NO4/c1-12-4-2-3-5-14(12)15(10-17(20)21)18-16(19)7-6-13-8-9-22-11-13/h2-5,13,15H,6-11H2,1H3,(H,18,19)(H,20,21). The van der Waals surface area contributed by atoms with Crippen LogP contribution >= 0.6 is 0 Å². The van der Waals surface area contributed by atoms with E-state index in [1.54, 1.807) is 0 Å². The van der Waals surface area contributed by atoms with Crippen LogP contribution in [0.25, 0.3) is 0 Å². The molecule has 5 heteroatoms. The average Bonchev–Trinajstić information content (AvgIpc) is 2.98. The van der Waals surface area contributed by atoms with Crippen LogP contribution in [0.3, 0.4) is 0 Å². The van der Waals surface area contributed by atoms with E-state index in [-0.39, 0.29) is 12.3 Å². The monoisotopic (exact) mass is 305 g/mol. The molecule has 1 aliphatic rings. The van der Waals surface area contributed by atoms with Crippen molar-refractivity contribution >= 4 is 11.9 Å². The molecule has 2 rings (SSSR count). The highest BCUT2D eigenvalue weighted by atomic mass is 16.5. The van der Waals surface area contributed by atoms with Crippen LogP contribution in [0.2, 0.25) is 0 Å². The molecule has 0 aliphatic carbocycles. The van der Waals surface area contributed by atoms with Crippen LogP contribution in [0, 0.1) is 12.8 Å². The molecular formula is C17H23NO4. The third-order valence-corrected chi connectivity index (χ3v) is 4.08. The lowest BCUT2D eigenvalue weighted by atomic mass is 9.98. The molecule has 0 spiro atoms. The topological polar surface area (TPSA) is 75.6 Å². The minimum absolute atomic E-state index is 0.0959. The lowest BCUT2D eigenvalue weighted by molar-refractivity contribution is -0.137. The van der Waals surface area contributed by atoms with Crippen molar-refractivity contribution in [2.45, 2.75) is 38.6 Å². The van der Waals surface area contributed by atoms with Crippen LogP contribution in [0.5, 0.6) is 0 Å². The second-order valence-corrected chi connectivity index (χ2v) is 5.84. The molecule has 0 radical (unpaired) electrons. The second-order valence-electron chi connectivity index (χ2n) is 5.84. The van der Waals surface area contributed by atoms with Crippen molar-refractivity contribution in [1.82, 2.24) is 5.32 Å². The van der Waals surface area contributed by atoms with E-state index in [1.807, 2.05) is 31.2 Å². The summed E-state index contributed by atoms with van der Waals surface area (Å²) in [5, 5.41) is 12.0. The Hall–Kier alpha value is -1.88. The summed E-state index contributed by atoms with van der Waals surface area (Å²) in [7, 11) is 0. The molecule has 0 bridgehead atoms. The van der Waals surface area contributed by atoms with Gasteiger partial charge in [0.05, 0.1) is 12.5 Å². The number of carboxylic acid groups (broad SMARTS) is 1. The lowest BCUT2D eigenvalue weighted by Gasteiger charge is -2.20. The molecule has 1 aliphatic heterocycles. The zero-order chi connectivity index (χ0) is 15.9. The number of aliphatic carboxylic acids is 1. The van der Waals surface area contributed by atoms with E-state index in [0.717, 1.165) is 37.2 Å². The number of aryl methyl sites for hydroxylation is 1. The predicted molar refractivity (Wildman–Crippen MR) is 82.5 cm³/mol. The van der Waals surface area contributed by atoms with Crippen molar-refractivity contribution in [3.05, 3.63) is 35.4 Å². The fourth-order valence-corrected chi connectivity index (χ4v) is 2.80. The number of rotatable bonds is 7. The minimum Gasteiger partial charge on any atom is -0.481 e. The van der Waals surface area contributed by atoms with E-state index in [0.29, 0.717) is 12.3 Å². The van der Waals surface area contributed by atoms with E-state index in [4.69, 9.17) is 9.84 Å². The van der Waals surface area contributed by atoms with Crippen molar-refractivity contribution in [2.24, 2.45) is 5.92 Å². The third-order valence-electron chi connectivity index (χ3n) is 4.08. The summed E-state index contributed by atoms with van der Waals surface area (Å²) in [5.41, 5.74) is 1.85. The third kappa shape index (κ3) is 4.84. The molecule has 2 N–H and O–H groups in total. The molecule has 1 fully saturated rings. The molecule has 120 valence electrons. The fraction of sp³-hybridized carbons (Fsp3) is 0.529. The van der Waals surface area contributed by atoms with Gasteiger partial charge in [-0.05, 0) is 36.8 Å². The molecule has 2 unspecified atom stereocenters. The van der Waals surface area contributed by atoms with Gasteiger partial charge in [0.1, 0.15) is 0 Å². The van der Waals surface area contributed by atoms with Crippen LogP contribution in [0.4, 0.5) is 0 Å². The number of nitrogens with one attached hydrogen (secondary N) is 1. The van der Waals surface area contributed by atoms with Gasteiger partial charge in [-0.15, -0.1) is 0 Å². The Balaban J connectivity index is 1.95. The lowest BCUT2D eigenvalue weighted by Crippen LogP contribution is -2.30. The summed E-state index contributed by atoms with van der Waals surface area (Å²) >= 11 is 0. The number of benzene rings is 1. The van der Waals surface area contributed by atoms with Gasteiger partial charge in [0.15, 0.2) is 0 Å². The molecule has 1 heterocycles. The van der Waals surface area contributed by atoms with Gasteiger partial charge >= 0.3 is 5.97 Å². The van der Waals surface area contributed by atoms with E-state index < -0.39 is 12.0 Å². The molecule has 1 aromatic carbocycles. The number of carbonyl (C=O) groups excluding carboxylic acids is 1. The van der Waals surface area contributed by atoms with Gasteiger partial charge in [0.2, 0.25) is 5.91 Å². The van der Waals surface area contributed by atoms with Crippen molar-refractivity contribution in [3.8, 4) is 0 Å². The van der Waals surface area contributed by atoms with Crippen LogP contribution < -0.4 is 5.32 Å². The fourth-order valence-electron chi connectivity index (χ4n) is 2.80. The van der Waals surface area contributed by atoms with Crippen molar-refractivity contribution in [2.75, 3.05) is 13.2 Å². The first-order chi connectivity index (χ1) is 10.6. The summed E-state index contributed by atoms with van der Waals surface area (Å²) in [6.07, 6.45) is 2.10. The summed E-state index contributed by atoms with van der Waals surface area (Å²) < 4.78 is 5.30. The molecular weight excluding hydrogens is 282 g/mol. The van der Waals surface area contributed by atoms with Crippen LogP contribution in [-0.2, 0) is 14.3 Å². The number of carbonyl (C=O) groups is 2. The van der Waals surface area contributed by atoms with Gasteiger partial charge < -0.3 is 15.2 Å². The molecule has 0 saturated carbocycles. The zero-order valence-corrected chi connectivity index (χ0v) is 12.9. The second kappa shape index (κ2) is 7.94. The highest BCUT2D eigenvalue weighted by Crippen LogP contribution is 2.22. The van der Waals surface area contributed by atoms with E-state index in [9.17, 15) is 9.59 Å². The maximum absolute atomic E-state index is 12.1. The largest absolute Gasteiger partial charge is 0.481 e. The summed E-state index contributed by atoms with van der Waals surface area (Å²) in [5.74, 6) is -0.568. The number of carboxylic acids is 1. The van der Waals surface area contributed by atoms with Gasteiger partial charge in [-0.25, -0.2) is 0 Å². The van der Waals surface area contributed by atoms with Crippen molar-refractivity contribution in [3.63, 3.8) is 0 Å². The maximum atomic E-state index is 12.1. The van der Waals surface area contributed by atoms with Crippen LogP contribution in [0.15, 0.2) is 24.3 Å². The first-order valence-corrected chi connectivity index (χ1v) is 7.70. The Kier molecular flexibility index (Phi) is 5.95. The number of hydrogen-bond donors (Lipinski definition) is 2. The van der Waals surface area contributed by atoms with Crippen LogP contribution in [0.1, 0.15) is 42.9 Å². The van der Waals surface area contributed by atoms with Gasteiger partial charge in [0, 0.05) is 19.6 Å². The Morgan fingerprint density at radius 2 is 2.18 bits per heavy atom. The van der Waals surface area contributed by atoms with E-state index in [2.05, 4.69) is 5.32 Å². The molecule has 1 amide bonds. The van der Waals surface area contributed by atoms with Gasteiger partial charge in [-0.1, -0.05) is 24.3 Å². The quantitative estimate of drug-likeness (QED) is 0.811. The number of ether oxygens (including phenoxy) is 1. The molecule has 1 aromatic rings. The Labute approximate surface area is 130 Å². The highest BCUT2D eigenvalue weighted by Gasteiger charge is 2.21. The summed E-state index contributed by atoms with van der Waals surface area (Å²) in [6.45, 7) is 3.42. The highest BCUT2D eigenvalue weighted by molar-refractivity contribution is 5.77. The summed E-state index contributed by atoms with van der Waals surface area (Å²) in [6, 6.07) is 7.07. The zero-order valence-electron chi connectivity index (χ0n) is 12.9. The number of amides is 1. The van der Waals surface area contributed by atoms with Gasteiger partial charge in [0.25, 0.3) is 0 Å².